The second-order valence-corrected chi connectivity index (χ2v) is 6.17. The molecule has 2 fully saturated rings. The largest absolute Gasteiger partial charge is 0.468 e. The number of rotatable bonds is 4. The van der Waals surface area contributed by atoms with Crippen molar-refractivity contribution in [2.24, 2.45) is 5.41 Å². The summed E-state index contributed by atoms with van der Waals surface area (Å²) in [5.41, 5.74) is 1.29. The first kappa shape index (κ1) is 15.6. The zero-order chi connectivity index (χ0) is 15.6. The van der Waals surface area contributed by atoms with Crippen LogP contribution in [-0.4, -0.2) is 49.0 Å². The zero-order valence-electron chi connectivity index (χ0n) is 12.2. The summed E-state index contributed by atoms with van der Waals surface area (Å²) in [5, 5.41) is 0. The lowest BCUT2D eigenvalue weighted by atomic mass is 9.87. The fraction of sp³-hybridized carbons (Fsp3) is 0.667. The molecule has 2 saturated heterocycles. The maximum atomic E-state index is 12.1. The highest BCUT2D eigenvalue weighted by molar-refractivity contribution is 5.18. The van der Waals surface area contributed by atoms with Gasteiger partial charge >= 0.3 is 6.18 Å². The summed E-state index contributed by atoms with van der Waals surface area (Å²) in [6.45, 7) is 3.17. The van der Waals surface area contributed by atoms with Crippen LogP contribution in [0.4, 0.5) is 13.2 Å². The van der Waals surface area contributed by atoms with Gasteiger partial charge in [-0.25, -0.2) is 4.98 Å². The Balaban J connectivity index is 1.51. The number of alkyl halides is 3. The van der Waals surface area contributed by atoms with E-state index in [9.17, 15) is 13.2 Å². The lowest BCUT2D eigenvalue weighted by Gasteiger charge is -2.22. The minimum absolute atomic E-state index is 0.00293. The van der Waals surface area contributed by atoms with E-state index < -0.39 is 12.8 Å². The van der Waals surface area contributed by atoms with Gasteiger partial charge in [0.25, 0.3) is 0 Å². The van der Waals surface area contributed by atoms with Crippen LogP contribution in [0.2, 0.25) is 0 Å². The molecule has 3 rings (SSSR count). The van der Waals surface area contributed by atoms with Gasteiger partial charge in [0.05, 0.1) is 6.61 Å². The van der Waals surface area contributed by atoms with E-state index in [1.165, 1.54) is 6.07 Å². The SMILES string of the molecule is FC(F)(F)COc1ccc(CN2CCC3(CCOC3)C2)cn1. The molecule has 1 aromatic heterocycles. The van der Waals surface area contributed by atoms with E-state index in [2.05, 4.69) is 14.6 Å². The Labute approximate surface area is 127 Å². The lowest BCUT2D eigenvalue weighted by molar-refractivity contribution is -0.154. The van der Waals surface area contributed by atoms with Crippen molar-refractivity contribution in [3.8, 4) is 5.88 Å². The van der Waals surface area contributed by atoms with Crippen LogP contribution in [0.3, 0.4) is 0 Å². The minimum atomic E-state index is -4.34. The van der Waals surface area contributed by atoms with Crippen LogP contribution < -0.4 is 4.74 Å². The van der Waals surface area contributed by atoms with Gasteiger partial charge in [-0.1, -0.05) is 6.07 Å². The standard InChI is InChI=1S/C15H19F3N2O2/c16-15(17,18)11-22-13-2-1-12(7-19-13)8-20-5-3-14(9-20)4-6-21-10-14/h1-2,7H,3-6,8-11H2. The van der Waals surface area contributed by atoms with Gasteiger partial charge in [-0.05, 0) is 24.9 Å². The van der Waals surface area contributed by atoms with Crippen LogP contribution in [0, 0.1) is 5.41 Å². The number of hydrogen-bond acceptors (Lipinski definition) is 4. The fourth-order valence-electron chi connectivity index (χ4n) is 3.14. The van der Waals surface area contributed by atoms with E-state index in [-0.39, 0.29) is 5.88 Å². The van der Waals surface area contributed by atoms with Crippen molar-refractivity contribution >= 4 is 0 Å². The predicted octanol–water partition coefficient (Wildman–Crippen LogP) is 2.64. The van der Waals surface area contributed by atoms with Crippen molar-refractivity contribution in [2.45, 2.75) is 25.6 Å². The van der Waals surface area contributed by atoms with E-state index in [1.807, 2.05) is 0 Å². The summed E-state index contributed by atoms with van der Waals surface area (Å²) in [7, 11) is 0. The lowest BCUT2D eigenvalue weighted by Crippen LogP contribution is -2.27. The number of halogens is 3. The Kier molecular flexibility index (Phi) is 4.27. The summed E-state index contributed by atoms with van der Waals surface area (Å²) in [5.74, 6) is 0.00293. The van der Waals surface area contributed by atoms with Crippen molar-refractivity contribution in [2.75, 3.05) is 32.9 Å². The first-order chi connectivity index (χ1) is 10.4. The molecule has 0 aliphatic carbocycles. The molecule has 4 nitrogen and oxygen atoms in total. The molecule has 1 spiro atoms. The minimum Gasteiger partial charge on any atom is -0.468 e. The maximum absolute atomic E-state index is 12.1. The molecular formula is C15H19F3N2O2. The Hall–Kier alpha value is -1.34. The molecule has 0 amide bonds. The van der Waals surface area contributed by atoms with Gasteiger partial charge < -0.3 is 9.47 Å². The normalized spacial score (nSPS) is 26.0. The number of aromatic nitrogens is 1. The van der Waals surface area contributed by atoms with Gasteiger partial charge in [-0.2, -0.15) is 13.2 Å². The second kappa shape index (κ2) is 6.04. The van der Waals surface area contributed by atoms with Crippen molar-refractivity contribution in [1.82, 2.24) is 9.88 Å². The average Bonchev–Trinajstić information content (AvgIpc) is 3.08. The van der Waals surface area contributed by atoms with E-state index in [0.717, 1.165) is 51.3 Å². The topological polar surface area (TPSA) is 34.6 Å². The maximum Gasteiger partial charge on any atom is 0.422 e. The Morgan fingerprint density at radius 2 is 2.18 bits per heavy atom. The number of pyridine rings is 1. The molecular weight excluding hydrogens is 297 g/mol. The number of hydrogen-bond donors (Lipinski definition) is 0. The Bertz CT molecular complexity index is 499. The monoisotopic (exact) mass is 316 g/mol. The van der Waals surface area contributed by atoms with Gasteiger partial charge in [0.15, 0.2) is 6.61 Å². The molecule has 0 saturated carbocycles. The van der Waals surface area contributed by atoms with Gasteiger partial charge in [0.1, 0.15) is 0 Å². The number of ether oxygens (including phenoxy) is 2. The summed E-state index contributed by atoms with van der Waals surface area (Å²) in [6.07, 6.45) is -0.491. The third kappa shape index (κ3) is 3.89. The number of nitrogens with zero attached hydrogens (tertiary/aromatic N) is 2. The molecule has 7 heteroatoms. The van der Waals surface area contributed by atoms with Crippen molar-refractivity contribution in [3.05, 3.63) is 23.9 Å². The van der Waals surface area contributed by atoms with E-state index >= 15 is 0 Å². The summed E-state index contributed by atoms with van der Waals surface area (Å²) in [4.78, 5) is 6.29. The molecule has 22 heavy (non-hydrogen) atoms. The smallest absolute Gasteiger partial charge is 0.422 e. The van der Waals surface area contributed by atoms with Crippen LogP contribution in [0.15, 0.2) is 18.3 Å². The molecule has 1 atom stereocenters. The number of likely N-dealkylation sites (tertiary alicyclic amines) is 1. The average molecular weight is 316 g/mol. The van der Waals surface area contributed by atoms with Crippen molar-refractivity contribution < 1.29 is 22.6 Å². The van der Waals surface area contributed by atoms with Gasteiger partial charge in [0, 0.05) is 37.4 Å². The highest BCUT2D eigenvalue weighted by Gasteiger charge is 2.41. The molecule has 122 valence electrons. The van der Waals surface area contributed by atoms with E-state index in [1.54, 1.807) is 12.3 Å². The van der Waals surface area contributed by atoms with Crippen LogP contribution in [0.5, 0.6) is 5.88 Å². The molecule has 3 heterocycles. The molecule has 1 unspecified atom stereocenters. The molecule has 0 aromatic carbocycles. The molecule has 0 radical (unpaired) electrons. The highest BCUT2D eigenvalue weighted by atomic mass is 19.4. The summed E-state index contributed by atoms with van der Waals surface area (Å²) < 4.78 is 46.3. The molecule has 0 N–H and O–H groups in total. The van der Waals surface area contributed by atoms with Gasteiger partial charge in [-0.15, -0.1) is 0 Å². The summed E-state index contributed by atoms with van der Waals surface area (Å²) >= 11 is 0. The quantitative estimate of drug-likeness (QED) is 0.855. The predicted molar refractivity (Wildman–Crippen MR) is 73.6 cm³/mol. The van der Waals surface area contributed by atoms with Gasteiger partial charge in [-0.3, -0.25) is 4.90 Å². The molecule has 2 aliphatic rings. The van der Waals surface area contributed by atoms with E-state index in [0.29, 0.717) is 5.41 Å². The first-order valence-electron chi connectivity index (χ1n) is 7.39. The molecule has 2 aliphatic heterocycles. The highest BCUT2D eigenvalue weighted by Crippen LogP contribution is 2.38. The van der Waals surface area contributed by atoms with Crippen molar-refractivity contribution in [3.63, 3.8) is 0 Å². The van der Waals surface area contributed by atoms with E-state index in [4.69, 9.17) is 4.74 Å². The first-order valence-corrected chi connectivity index (χ1v) is 7.39. The third-order valence-corrected chi connectivity index (χ3v) is 4.29. The van der Waals surface area contributed by atoms with Crippen molar-refractivity contribution in [1.29, 1.82) is 0 Å². The van der Waals surface area contributed by atoms with Crippen LogP contribution >= 0.6 is 0 Å². The van der Waals surface area contributed by atoms with Crippen LogP contribution in [0.25, 0.3) is 0 Å². The zero-order valence-corrected chi connectivity index (χ0v) is 12.2. The van der Waals surface area contributed by atoms with Crippen LogP contribution in [-0.2, 0) is 11.3 Å². The third-order valence-electron chi connectivity index (χ3n) is 4.29. The molecule has 0 bridgehead atoms. The summed E-state index contributed by atoms with van der Waals surface area (Å²) in [6, 6.07) is 3.26. The molecule has 1 aromatic rings. The Morgan fingerprint density at radius 1 is 1.32 bits per heavy atom. The fourth-order valence-corrected chi connectivity index (χ4v) is 3.14. The Morgan fingerprint density at radius 3 is 2.82 bits per heavy atom. The van der Waals surface area contributed by atoms with Crippen LogP contribution in [0.1, 0.15) is 18.4 Å². The van der Waals surface area contributed by atoms with Gasteiger partial charge in [0.2, 0.25) is 5.88 Å². The second-order valence-electron chi connectivity index (χ2n) is 6.17.